The molecule has 1 aliphatic rings. The fourth-order valence-corrected chi connectivity index (χ4v) is 4.31. The van der Waals surface area contributed by atoms with Gasteiger partial charge in [0.15, 0.2) is 0 Å². The molecule has 4 rings (SSSR count). The summed E-state index contributed by atoms with van der Waals surface area (Å²) in [5, 5.41) is 10.3. The van der Waals surface area contributed by atoms with Crippen LogP contribution in [0.1, 0.15) is 27.4 Å². The van der Waals surface area contributed by atoms with E-state index in [1.807, 2.05) is 0 Å². The summed E-state index contributed by atoms with van der Waals surface area (Å²) in [5.74, 6) is 3.04. The topological polar surface area (TPSA) is 108 Å². The van der Waals surface area contributed by atoms with Crippen molar-refractivity contribution in [2.45, 2.75) is 24.6 Å². The summed E-state index contributed by atoms with van der Waals surface area (Å²) in [5.41, 5.74) is 2.17. The number of methoxy groups -OCH3 is 2. The molecule has 0 spiro atoms. The molecule has 0 atom stereocenters. The largest absolute Gasteiger partial charge is 0.497 e. The number of nitrogens with zero attached hydrogens (tertiary/aromatic N) is 2. The van der Waals surface area contributed by atoms with Gasteiger partial charge in [0.1, 0.15) is 29.6 Å². The van der Waals surface area contributed by atoms with E-state index in [2.05, 4.69) is 15.7 Å². The smallest absolute Gasteiger partial charge is 0.260 e. The molecule has 0 saturated heterocycles. The maximum absolute atomic E-state index is 13.0. The van der Waals surface area contributed by atoms with Gasteiger partial charge in [-0.3, -0.25) is 9.59 Å². The minimum atomic E-state index is -0.351. The van der Waals surface area contributed by atoms with Crippen LogP contribution in [0.25, 0.3) is 0 Å². The number of fused-ring (bicyclic) bond motifs is 1. The van der Waals surface area contributed by atoms with Gasteiger partial charge in [0.05, 0.1) is 38.3 Å². The van der Waals surface area contributed by atoms with Crippen molar-refractivity contribution < 1.29 is 23.5 Å². The van der Waals surface area contributed by atoms with Gasteiger partial charge < -0.3 is 24.5 Å². The quantitative estimate of drug-likeness (QED) is 0.552. The molecule has 162 valence electrons. The van der Waals surface area contributed by atoms with Crippen molar-refractivity contribution in [2.75, 3.05) is 19.5 Å². The molecule has 31 heavy (non-hydrogen) atoms. The first-order valence-electron chi connectivity index (χ1n) is 9.57. The summed E-state index contributed by atoms with van der Waals surface area (Å²) < 4.78 is 17.3. The summed E-state index contributed by atoms with van der Waals surface area (Å²) in [6.07, 6.45) is 1.55. The molecule has 2 amide bonds. The molecule has 2 N–H and O–H groups in total. The second-order valence-corrected chi connectivity index (χ2v) is 7.79. The lowest BCUT2D eigenvalue weighted by Gasteiger charge is -2.13. The normalized spacial score (nSPS) is 12.3. The Hall–Kier alpha value is -3.40. The van der Waals surface area contributed by atoms with E-state index in [0.717, 1.165) is 22.8 Å². The van der Waals surface area contributed by atoms with E-state index in [4.69, 9.17) is 13.9 Å². The highest BCUT2D eigenvalue weighted by Gasteiger charge is 2.26. The van der Waals surface area contributed by atoms with Crippen LogP contribution in [-0.4, -0.2) is 35.8 Å². The van der Waals surface area contributed by atoms with Crippen molar-refractivity contribution >= 4 is 29.4 Å². The molecule has 10 heteroatoms. The fraction of sp³-hybridized carbons (Fsp3) is 0.286. The number of anilines is 1. The summed E-state index contributed by atoms with van der Waals surface area (Å²) >= 11 is 1.71. The van der Waals surface area contributed by atoms with E-state index in [-0.39, 0.29) is 24.9 Å². The van der Waals surface area contributed by atoms with Crippen molar-refractivity contribution in [1.82, 2.24) is 15.1 Å². The van der Waals surface area contributed by atoms with Gasteiger partial charge in [0, 0.05) is 23.1 Å². The average molecular weight is 442 g/mol. The van der Waals surface area contributed by atoms with E-state index >= 15 is 0 Å². The molecule has 9 nitrogen and oxygen atoms in total. The number of ether oxygens (including phenoxy) is 2. The number of thioether (sulfide) groups is 1. The molecule has 1 aromatic carbocycles. The third kappa shape index (κ3) is 4.53. The van der Waals surface area contributed by atoms with Crippen LogP contribution in [0, 0.1) is 0 Å². The Kier molecular flexibility index (Phi) is 6.17. The standard InChI is InChI=1S/C21H22N4O5S/c1-28-13-5-6-15(18(8-13)29-2)21(27)23-20-16-11-31-12-17(16)24-25(20)10-19(26)22-9-14-4-3-7-30-14/h3-8H,9-12H2,1-2H3,(H,22,26)(H,23,27). The van der Waals surface area contributed by atoms with Crippen LogP contribution in [-0.2, 0) is 29.4 Å². The van der Waals surface area contributed by atoms with Gasteiger partial charge in [-0.1, -0.05) is 0 Å². The number of amides is 2. The maximum Gasteiger partial charge on any atom is 0.260 e. The van der Waals surface area contributed by atoms with Crippen LogP contribution in [0.5, 0.6) is 11.5 Å². The average Bonchev–Trinajstić information content (AvgIpc) is 3.52. The van der Waals surface area contributed by atoms with Gasteiger partial charge in [-0.2, -0.15) is 16.9 Å². The number of furan rings is 1. The Balaban J connectivity index is 1.53. The molecule has 3 aromatic rings. The summed E-state index contributed by atoms with van der Waals surface area (Å²) in [6, 6.07) is 8.52. The zero-order valence-corrected chi connectivity index (χ0v) is 18.0. The number of carbonyl (C=O) groups is 2. The van der Waals surface area contributed by atoms with E-state index in [1.165, 1.54) is 11.8 Å². The lowest BCUT2D eigenvalue weighted by molar-refractivity contribution is -0.122. The monoisotopic (exact) mass is 442 g/mol. The minimum Gasteiger partial charge on any atom is -0.497 e. The van der Waals surface area contributed by atoms with Crippen LogP contribution in [0.4, 0.5) is 5.82 Å². The Bertz CT molecular complexity index is 1090. The number of aromatic nitrogens is 2. The number of carbonyl (C=O) groups excluding carboxylic acids is 2. The number of rotatable bonds is 8. The maximum atomic E-state index is 13.0. The molecule has 2 aromatic heterocycles. The molecule has 0 unspecified atom stereocenters. The molecule has 0 fully saturated rings. The third-order valence-corrected chi connectivity index (χ3v) is 5.81. The van der Waals surface area contributed by atoms with Crippen molar-refractivity contribution in [3.8, 4) is 11.5 Å². The van der Waals surface area contributed by atoms with Crippen molar-refractivity contribution in [1.29, 1.82) is 0 Å². The van der Waals surface area contributed by atoms with Crippen LogP contribution in [0.3, 0.4) is 0 Å². The molecule has 3 heterocycles. The van der Waals surface area contributed by atoms with Crippen molar-refractivity contribution in [3.63, 3.8) is 0 Å². The summed E-state index contributed by atoms with van der Waals surface area (Å²) in [6.45, 7) is 0.265. The zero-order valence-electron chi connectivity index (χ0n) is 17.1. The third-order valence-electron chi connectivity index (χ3n) is 4.84. The predicted molar refractivity (Wildman–Crippen MR) is 115 cm³/mol. The zero-order chi connectivity index (χ0) is 21.8. The van der Waals surface area contributed by atoms with E-state index < -0.39 is 0 Å². The molecule has 0 aliphatic carbocycles. The van der Waals surface area contributed by atoms with Crippen LogP contribution in [0.2, 0.25) is 0 Å². The molecular weight excluding hydrogens is 420 g/mol. The summed E-state index contributed by atoms with van der Waals surface area (Å²) in [7, 11) is 3.04. The van der Waals surface area contributed by atoms with E-state index in [1.54, 1.807) is 55.5 Å². The van der Waals surface area contributed by atoms with E-state index in [0.29, 0.717) is 28.6 Å². The van der Waals surface area contributed by atoms with Gasteiger partial charge in [0.2, 0.25) is 5.91 Å². The highest BCUT2D eigenvalue weighted by molar-refractivity contribution is 7.98. The molecular formula is C21H22N4O5S. The molecule has 0 bridgehead atoms. The fourth-order valence-electron chi connectivity index (χ4n) is 3.27. The minimum absolute atomic E-state index is 0.0201. The SMILES string of the molecule is COc1ccc(C(=O)Nc2c3c(nn2CC(=O)NCc2ccco2)CSC3)c(OC)c1. The van der Waals surface area contributed by atoms with Crippen LogP contribution >= 0.6 is 11.8 Å². The molecule has 0 saturated carbocycles. The van der Waals surface area contributed by atoms with Crippen LogP contribution in [0.15, 0.2) is 41.0 Å². The van der Waals surface area contributed by atoms with Crippen LogP contribution < -0.4 is 20.1 Å². The Morgan fingerprint density at radius 3 is 2.84 bits per heavy atom. The van der Waals surface area contributed by atoms with Gasteiger partial charge in [0.25, 0.3) is 5.91 Å². The lowest BCUT2D eigenvalue weighted by Crippen LogP contribution is -2.28. The highest BCUT2D eigenvalue weighted by Crippen LogP contribution is 2.35. The first-order chi connectivity index (χ1) is 15.1. The first-order valence-corrected chi connectivity index (χ1v) is 10.7. The second kappa shape index (κ2) is 9.17. The second-order valence-electron chi connectivity index (χ2n) is 6.80. The van der Waals surface area contributed by atoms with Gasteiger partial charge in [-0.05, 0) is 24.3 Å². The lowest BCUT2D eigenvalue weighted by atomic mass is 10.1. The molecule has 0 radical (unpaired) electrons. The van der Waals surface area contributed by atoms with Gasteiger partial charge >= 0.3 is 0 Å². The van der Waals surface area contributed by atoms with Gasteiger partial charge in [-0.25, -0.2) is 4.68 Å². The number of benzene rings is 1. The predicted octanol–water partition coefficient (Wildman–Crippen LogP) is 2.81. The van der Waals surface area contributed by atoms with Crippen molar-refractivity contribution in [2.24, 2.45) is 0 Å². The summed E-state index contributed by atoms with van der Waals surface area (Å²) in [4.78, 5) is 25.5. The number of hydrogen-bond acceptors (Lipinski definition) is 7. The molecule has 1 aliphatic heterocycles. The van der Waals surface area contributed by atoms with Crippen molar-refractivity contribution in [3.05, 3.63) is 59.2 Å². The van der Waals surface area contributed by atoms with Gasteiger partial charge in [-0.15, -0.1) is 0 Å². The van der Waals surface area contributed by atoms with E-state index in [9.17, 15) is 9.59 Å². The highest BCUT2D eigenvalue weighted by atomic mass is 32.2. The Labute approximate surface area is 183 Å². The Morgan fingerprint density at radius 2 is 2.10 bits per heavy atom. The number of hydrogen-bond donors (Lipinski definition) is 2. The first kappa shape index (κ1) is 20.9. The Morgan fingerprint density at radius 1 is 1.23 bits per heavy atom. The number of nitrogens with one attached hydrogen (secondary N) is 2.